The monoisotopic (exact) mass is 185 g/mol. The molecule has 0 fully saturated rings. The molecule has 2 rings (SSSR count). The molecule has 0 aromatic carbocycles. The minimum Gasteiger partial charge on any atom is -0.253 e. The average Bonchev–Trinajstić information content (AvgIpc) is 2.34. The molecule has 1 heterocycles. The third-order valence-corrected chi connectivity index (χ3v) is 2.25. The quantitative estimate of drug-likeness (QED) is 0.699. The Hall–Kier alpha value is -1.37. The van der Waals surface area contributed by atoms with E-state index in [0.717, 1.165) is 12.1 Å². The summed E-state index contributed by atoms with van der Waals surface area (Å²) >= 11 is 0. The molecule has 0 saturated heterocycles. The van der Waals surface area contributed by atoms with Crippen LogP contribution in [0.3, 0.4) is 0 Å². The van der Waals surface area contributed by atoms with E-state index in [1.54, 1.807) is 0 Å². The maximum Gasteiger partial charge on any atom is 0.0705 e. The fourth-order valence-electron chi connectivity index (χ4n) is 1.66. The Bertz CT molecular complexity index is 362. The van der Waals surface area contributed by atoms with Crippen LogP contribution in [0, 0.1) is 5.92 Å². The summed E-state index contributed by atoms with van der Waals surface area (Å²) in [5, 5.41) is 0. The van der Waals surface area contributed by atoms with Crippen molar-refractivity contribution < 1.29 is 0 Å². The molecule has 0 aromatic heterocycles. The first-order valence-corrected chi connectivity index (χ1v) is 5.10. The molecule has 0 saturated carbocycles. The summed E-state index contributed by atoms with van der Waals surface area (Å²) in [7, 11) is 0. The first kappa shape index (κ1) is 9.20. The SMILES string of the molecule is CC(C)Cc1cc2cccccc-2n1. The van der Waals surface area contributed by atoms with Crippen LogP contribution in [0.5, 0.6) is 0 Å². The lowest BCUT2D eigenvalue weighted by atomic mass is 10.1. The topological polar surface area (TPSA) is 12.9 Å². The van der Waals surface area contributed by atoms with Gasteiger partial charge in [-0.3, -0.25) is 4.98 Å². The van der Waals surface area contributed by atoms with Gasteiger partial charge in [0.25, 0.3) is 0 Å². The Kier molecular flexibility index (Phi) is 2.49. The van der Waals surface area contributed by atoms with Crippen molar-refractivity contribution in [1.29, 1.82) is 0 Å². The Labute approximate surface area is 85.1 Å². The molecule has 0 bridgehead atoms. The van der Waals surface area contributed by atoms with Gasteiger partial charge in [-0.05, 0) is 24.5 Å². The van der Waals surface area contributed by atoms with E-state index >= 15 is 0 Å². The highest BCUT2D eigenvalue weighted by atomic mass is 14.7. The van der Waals surface area contributed by atoms with Crippen LogP contribution >= 0.6 is 0 Å². The first-order chi connectivity index (χ1) is 6.75. The standard InChI is InChI=1S/C13H15N/c1-10(2)8-12-9-11-6-4-3-5-7-13(11)14-12/h3-7,9-10H,8H2,1-2H3. The van der Waals surface area contributed by atoms with E-state index in [1.165, 1.54) is 11.3 Å². The second-order valence-corrected chi connectivity index (χ2v) is 4.10. The third kappa shape index (κ3) is 1.92. The van der Waals surface area contributed by atoms with Gasteiger partial charge < -0.3 is 0 Å². The number of nitrogens with zero attached hydrogens (tertiary/aromatic N) is 1. The van der Waals surface area contributed by atoms with Gasteiger partial charge in [0.15, 0.2) is 0 Å². The van der Waals surface area contributed by atoms with E-state index in [2.05, 4.69) is 43.1 Å². The zero-order chi connectivity index (χ0) is 9.97. The zero-order valence-electron chi connectivity index (χ0n) is 8.70. The highest BCUT2D eigenvalue weighted by Crippen LogP contribution is 2.22. The number of fused-ring (bicyclic) bond motifs is 1. The van der Waals surface area contributed by atoms with Crippen LogP contribution in [0.2, 0.25) is 0 Å². The van der Waals surface area contributed by atoms with Gasteiger partial charge in [0, 0.05) is 11.3 Å². The molecule has 14 heavy (non-hydrogen) atoms. The molecule has 0 aromatic rings. The van der Waals surface area contributed by atoms with Gasteiger partial charge >= 0.3 is 0 Å². The molecule has 0 radical (unpaired) electrons. The summed E-state index contributed by atoms with van der Waals surface area (Å²) in [5.41, 5.74) is 3.55. The Balaban J connectivity index is 2.38. The minimum atomic E-state index is 0.674. The molecular formula is C13H15N. The van der Waals surface area contributed by atoms with Crippen molar-refractivity contribution in [3.05, 3.63) is 42.1 Å². The predicted octanol–water partition coefficient (Wildman–Crippen LogP) is 3.38. The highest BCUT2D eigenvalue weighted by Gasteiger charge is 2.07. The average molecular weight is 185 g/mol. The van der Waals surface area contributed by atoms with E-state index in [4.69, 9.17) is 0 Å². The fourth-order valence-corrected chi connectivity index (χ4v) is 1.66. The maximum absolute atomic E-state index is 4.59. The minimum absolute atomic E-state index is 0.674. The number of aromatic nitrogens is 1. The van der Waals surface area contributed by atoms with Crippen molar-refractivity contribution in [1.82, 2.24) is 4.98 Å². The molecule has 1 nitrogen and oxygen atoms in total. The zero-order valence-corrected chi connectivity index (χ0v) is 8.70. The lowest BCUT2D eigenvalue weighted by molar-refractivity contribution is 0.638. The maximum atomic E-state index is 4.59. The fraction of sp³-hybridized carbons (Fsp3) is 0.308. The van der Waals surface area contributed by atoms with Gasteiger partial charge in [-0.25, -0.2) is 0 Å². The summed E-state index contributed by atoms with van der Waals surface area (Å²) in [5.74, 6) is 0.674. The van der Waals surface area contributed by atoms with Crippen molar-refractivity contribution in [3.8, 4) is 11.3 Å². The summed E-state index contributed by atoms with van der Waals surface area (Å²) in [6.07, 6.45) is 1.07. The van der Waals surface area contributed by atoms with E-state index in [0.29, 0.717) is 5.92 Å². The largest absolute Gasteiger partial charge is 0.253 e. The van der Waals surface area contributed by atoms with Crippen molar-refractivity contribution in [2.75, 3.05) is 0 Å². The number of rotatable bonds is 2. The van der Waals surface area contributed by atoms with Gasteiger partial charge in [0.05, 0.1) is 5.69 Å². The Morgan fingerprint density at radius 1 is 1.14 bits per heavy atom. The molecule has 72 valence electrons. The van der Waals surface area contributed by atoms with Gasteiger partial charge in [-0.2, -0.15) is 0 Å². The summed E-state index contributed by atoms with van der Waals surface area (Å²) < 4.78 is 0. The van der Waals surface area contributed by atoms with Crippen LogP contribution in [0.15, 0.2) is 36.4 Å². The van der Waals surface area contributed by atoms with Gasteiger partial charge in [0.2, 0.25) is 0 Å². The van der Waals surface area contributed by atoms with Crippen LogP contribution in [0.4, 0.5) is 0 Å². The van der Waals surface area contributed by atoms with Crippen molar-refractivity contribution in [2.45, 2.75) is 20.3 Å². The Morgan fingerprint density at radius 2 is 1.93 bits per heavy atom. The summed E-state index contributed by atoms with van der Waals surface area (Å²) in [6.45, 7) is 4.44. The summed E-state index contributed by atoms with van der Waals surface area (Å²) in [4.78, 5) is 4.59. The van der Waals surface area contributed by atoms with Gasteiger partial charge in [-0.1, -0.05) is 38.1 Å². The van der Waals surface area contributed by atoms with Crippen molar-refractivity contribution in [2.24, 2.45) is 5.92 Å². The number of hydrogen-bond acceptors (Lipinski definition) is 1. The molecule has 0 atom stereocenters. The molecule has 1 aliphatic carbocycles. The van der Waals surface area contributed by atoms with E-state index in [9.17, 15) is 0 Å². The van der Waals surface area contributed by atoms with Crippen molar-refractivity contribution in [3.63, 3.8) is 0 Å². The van der Waals surface area contributed by atoms with Crippen LogP contribution < -0.4 is 0 Å². The lowest BCUT2D eigenvalue weighted by Crippen LogP contribution is -1.92. The molecule has 2 aliphatic rings. The normalized spacial score (nSPS) is 11.1. The molecule has 1 heteroatoms. The van der Waals surface area contributed by atoms with Gasteiger partial charge in [0.1, 0.15) is 0 Å². The number of hydrogen-bond donors (Lipinski definition) is 0. The summed E-state index contributed by atoms with van der Waals surface area (Å²) in [6, 6.07) is 12.5. The second-order valence-electron chi connectivity index (χ2n) is 4.10. The van der Waals surface area contributed by atoms with Gasteiger partial charge in [-0.15, -0.1) is 0 Å². The molecular weight excluding hydrogens is 170 g/mol. The Morgan fingerprint density at radius 3 is 2.71 bits per heavy atom. The third-order valence-electron chi connectivity index (χ3n) is 2.25. The van der Waals surface area contributed by atoms with E-state index in [1.807, 2.05) is 12.1 Å². The van der Waals surface area contributed by atoms with E-state index < -0.39 is 0 Å². The molecule has 0 spiro atoms. The van der Waals surface area contributed by atoms with E-state index in [-0.39, 0.29) is 0 Å². The van der Waals surface area contributed by atoms with Crippen LogP contribution in [0.1, 0.15) is 19.5 Å². The second kappa shape index (κ2) is 3.79. The van der Waals surface area contributed by atoms with Crippen LogP contribution in [-0.4, -0.2) is 4.98 Å². The first-order valence-electron chi connectivity index (χ1n) is 5.10. The molecule has 0 N–H and O–H groups in total. The van der Waals surface area contributed by atoms with Crippen molar-refractivity contribution >= 4 is 0 Å². The highest BCUT2D eigenvalue weighted by molar-refractivity contribution is 5.61. The molecule has 1 aliphatic heterocycles. The predicted molar refractivity (Wildman–Crippen MR) is 59.4 cm³/mol. The molecule has 0 unspecified atom stereocenters. The molecule has 0 amide bonds. The van der Waals surface area contributed by atoms with Crippen LogP contribution in [-0.2, 0) is 6.42 Å². The smallest absolute Gasteiger partial charge is 0.0705 e. The lowest BCUT2D eigenvalue weighted by Gasteiger charge is -1.98. The van der Waals surface area contributed by atoms with Crippen LogP contribution in [0.25, 0.3) is 11.3 Å².